The minimum atomic E-state index is -0.624. The van der Waals surface area contributed by atoms with Gasteiger partial charge in [-0.25, -0.2) is 28.1 Å². The average molecular weight is 212 g/mol. The summed E-state index contributed by atoms with van der Waals surface area (Å²) in [6, 6.07) is 0. The monoisotopic (exact) mass is 212 g/mol. The normalized spacial score (nSPS) is 12.9. The summed E-state index contributed by atoms with van der Waals surface area (Å²) in [5, 5.41) is 0. The molecule has 1 rings (SSSR count). The fourth-order valence-corrected chi connectivity index (χ4v) is 1.35. The summed E-state index contributed by atoms with van der Waals surface area (Å²) in [4.78, 5) is 34.3. The van der Waals surface area contributed by atoms with Gasteiger partial charge in [-0.1, -0.05) is 0 Å². The first-order valence-corrected chi connectivity index (χ1v) is 4.55. The highest BCUT2D eigenvalue weighted by molar-refractivity contribution is 6.10. The predicted molar refractivity (Wildman–Crippen MR) is 51.6 cm³/mol. The molecule has 0 aromatic carbocycles. The molecule has 0 fully saturated rings. The van der Waals surface area contributed by atoms with Crippen LogP contribution in [0, 0.1) is 0 Å². The van der Waals surface area contributed by atoms with E-state index in [1.165, 1.54) is 14.1 Å². The highest BCUT2D eigenvalue weighted by Gasteiger charge is 2.12. The largest absolute Gasteiger partial charge is 0.335 e. The van der Waals surface area contributed by atoms with Crippen molar-refractivity contribution in [2.75, 3.05) is 0 Å². The van der Waals surface area contributed by atoms with Crippen LogP contribution in [0.25, 0.3) is 0 Å². The van der Waals surface area contributed by atoms with E-state index >= 15 is 0 Å². The maximum Gasteiger partial charge on any atom is 0.335 e. The van der Waals surface area contributed by atoms with Gasteiger partial charge in [0.25, 0.3) is 0 Å². The molecular formula is C7H10N3O3Si. The minimum Gasteiger partial charge on any atom is -0.248 e. The highest BCUT2D eigenvalue weighted by Crippen LogP contribution is 1.86. The molecule has 0 aliphatic carbocycles. The van der Waals surface area contributed by atoms with Crippen LogP contribution in [0.4, 0.5) is 0 Å². The van der Waals surface area contributed by atoms with Crippen LogP contribution in [0.2, 0.25) is 0 Å². The quantitative estimate of drug-likeness (QED) is 0.502. The molecule has 1 heterocycles. The van der Waals surface area contributed by atoms with E-state index in [9.17, 15) is 14.4 Å². The Labute approximate surface area is 82.8 Å². The SMILES string of the molecule is CC([Si])n1c(=O)n(C)c(=O)n(C)c1=O. The van der Waals surface area contributed by atoms with Crippen LogP contribution >= 0.6 is 0 Å². The van der Waals surface area contributed by atoms with E-state index in [0.717, 1.165) is 13.7 Å². The first-order chi connectivity index (χ1) is 6.37. The van der Waals surface area contributed by atoms with E-state index < -0.39 is 22.7 Å². The lowest BCUT2D eigenvalue weighted by atomic mass is 10.7. The lowest BCUT2D eigenvalue weighted by Gasteiger charge is -2.11. The zero-order chi connectivity index (χ0) is 11.0. The van der Waals surface area contributed by atoms with Gasteiger partial charge in [-0.05, 0) is 6.92 Å². The highest BCUT2D eigenvalue weighted by atomic mass is 28.1. The summed E-state index contributed by atoms with van der Waals surface area (Å²) in [5.41, 5.74) is -2.32. The Hall–Kier alpha value is -1.37. The molecule has 0 N–H and O–H groups in total. The van der Waals surface area contributed by atoms with Crippen molar-refractivity contribution < 1.29 is 0 Å². The smallest absolute Gasteiger partial charge is 0.248 e. The van der Waals surface area contributed by atoms with Gasteiger partial charge < -0.3 is 0 Å². The molecular weight excluding hydrogens is 202 g/mol. The third-order valence-corrected chi connectivity index (χ3v) is 2.21. The molecule has 3 radical (unpaired) electrons. The van der Waals surface area contributed by atoms with E-state index in [2.05, 4.69) is 10.2 Å². The van der Waals surface area contributed by atoms with Gasteiger partial charge >= 0.3 is 17.1 Å². The fraction of sp³-hybridized carbons (Fsp3) is 0.571. The van der Waals surface area contributed by atoms with Gasteiger partial charge in [-0.3, -0.25) is 0 Å². The van der Waals surface area contributed by atoms with Gasteiger partial charge in [-0.15, -0.1) is 0 Å². The van der Waals surface area contributed by atoms with Crippen LogP contribution in [-0.4, -0.2) is 23.9 Å². The second-order valence-corrected chi connectivity index (χ2v) is 3.85. The van der Waals surface area contributed by atoms with Gasteiger partial charge in [0.2, 0.25) is 0 Å². The van der Waals surface area contributed by atoms with Crippen molar-refractivity contribution in [1.82, 2.24) is 13.7 Å². The van der Waals surface area contributed by atoms with Gasteiger partial charge in [0.15, 0.2) is 0 Å². The van der Waals surface area contributed by atoms with Crippen molar-refractivity contribution in [3.63, 3.8) is 0 Å². The Kier molecular flexibility index (Phi) is 2.61. The van der Waals surface area contributed by atoms with E-state index in [1.54, 1.807) is 6.92 Å². The van der Waals surface area contributed by atoms with Gasteiger partial charge in [0.05, 0.1) is 10.2 Å². The Morgan fingerprint density at radius 1 is 1.00 bits per heavy atom. The Morgan fingerprint density at radius 3 is 1.64 bits per heavy atom. The van der Waals surface area contributed by atoms with E-state index in [0.29, 0.717) is 0 Å². The lowest BCUT2D eigenvalue weighted by Crippen LogP contribution is -2.53. The van der Waals surface area contributed by atoms with Crippen LogP contribution in [-0.2, 0) is 14.1 Å². The summed E-state index contributed by atoms with van der Waals surface area (Å²) < 4.78 is 2.73. The van der Waals surface area contributed by atoms with Crippen LogP contribution in [0.5, 0.6) is 0 Å². The molecule has 14 heavy (non-hydrogen) atoms. The van der Waals surface area contributed by atoms with E-state index in [-0.39, 0.29) is 0 Å². The molecule has 0 saturated carbocycles. The van der Waals surface area contributed by atoms with Gasteiger partial charge in [-0.2, -0.15) is 0 Å². The molecule has 0 aliphatic rings. The first-order valence-electron chi connectivity index (χ1n) is 3.97. The molecule has 0 bridgehead atoms. The molecule has 0 spiro atoms. The molecule has 7 heteroatoms. The van der Waals surface area contributed by atoms with E-state index in [4.69, 9.17) is 0 Å². The Balaban J connectivity index is 3.89. The van der Waals surface area contributed by atoms with E-state index in [1.807, 2.05) is 0 Å². The maximum absolute atomic E-state index is 11.5. The Bertz CT molecular complexity index is 482. The minimum absolute atomic E-state index is 0.451. The number of rotatable bonds is 1. The standard InChI is InChI=1S/C7H10N3O3Si/c1-4(14)10-6(12)8(2)5(11)9(3)7(10)13/h4H,1-3H3. The number of hydrogen-bond acceptors (Lipinski definition) is 3. The van der Waals surface area contributed by atoms with Crippen molar-refractivity contribution in [2.45, 2.75) is 12.6 Å². The van der Waals surface area contributed by atoms with Gasteiger partial charge in [0, 0.05) is 19.8 Å². The van der Waals surface area contributed by atoms with Crippen LogP contribution in [0.1, 0.15) is 12.6 Å². The molecule has 1 unspecified atom stereocenters. The Morgan fingerprint density at radius 2 is 1.36 bits per heavy atom. The molecule has 0 saturated heterocycles. The predicted octanol–water partition coefficient (Wildman–Crippen LogP) is -2.07. The number of nitrogens with zero attached hydrogens (tertiary/aromatic N) is 3. The van der Waals surface area contributed by atoms with Crippen LogP contribution in [0.3, 0.4) is 0 Å². The summed E-state index contributed by atoms with van der Waals surface area (Å²) in [5.74, 6) is 0. The number of aromatic nitrogens is 3. The van der Waals surface area contributed by atoms with Crippen molar-refractivity contribution in [3.8, 4) is 0 Å². The molecule has 75 valence electrons. The number of hydrogen-bond donors (Lipinski definition) is 0. The molecule has 0 amide bonds. The molecule has 6 nitrogen and oxygen atoms in total. The zero-order valence-electron chi connectivity index (χ0n) is 8.14. The zero-order valence-corrected chi connectivity index (χ0v) is 9.14. The van der Waals surface area contributed by atoms with Crippen molar-refractivity contribution in [2.24, 2.45) is 14.1 Å². The molecule has 0 aliphatic heterocycles. The van der Waals surface area contributed by atoms with Gasteiger partial charge in [0.1, 0.15) is 0 Å². The van der Waals surface area contributed by atoms with Crippen molar-refractivity contribution in [3.05, 3.63) is 31.5 Å². The fourth-order valence-electron chi connectivity index (χ4n) is 1.12. The third kappa shape index (κ3) is 1.39. The second kappa shape index (κ2) is 3.41. The summed E-state index contributed by atoms with van der Waals surface area (Å²) in [6.45, 7) is 1.63. The van der Waals surface area contributed by atoms with Crippen molar-refractivity contribution in [1.29, 1.82) is 0 Å². The second-order valence-electron chi connectivity index (χ2n) is 3.01. The maximum atomic E-state index is 11.5. The lowest BCUT2D eigenvalue weighted by molar-refractivity contribution is 0.508. The molecule has 1 atom stereocenters. The van der Waals surface area contributed by atoms with Crippen LogP contribution < -0.4 is 17.1 Å². The van der Waals surface area contributed by atoms with Crippen molar-refractivity contribution >= 4 is 10.2 Å². The third-order valence-electron chi connectivity index (χ3n) is 1.95. The average Bonchev–Trinajstić information content (AvgIpc) is 2.11. The van der Waals surface area contributed by atoms with Crippen LogP contribution in [0.15, 0.2) is 14.4 Å². The first kappa shape index (κ1) is 10.7. The summed E-state index contributed by atoms with van der Waals surface area (Å²) in [6.07, 6.45) is 0. The molecule has 1 aromatic rings. The summed E-state index contributed by atoms with van der Waals surface area (Å²) in [7, 11) is 5.82. The summed E-state index contributed by atoms with van der Waals surface area (Å²) >= 11 is 0. The topological polar surface area (TPSA) is 66.0 Å². The molecule has 1 aromatic heterocycles.